The highest BCUT2D eigenvalue weighted by Crippen LogP contribution is 2.29. The van der Waals surface area contributed by atoms with Gasteiger partial charge < -0.3 is 10.2 Å². The van der Waals surface area contributed by atoms with Crippen LogP contribution in [0.25, 0.3) is 10.6 Å². The largest absolute Gasteiger partial charge is 0.335 e. The highest BCUT2D eigenvalue weighted by molar-refractivity contribution is 7.13. The average Bonchev–Trinajstić information content (AvgIpc) is 3.11. The van der Waals surface area contributed by atoms with Crippen LogP contribution in [-0.4, -0.2) is 41.0 Å². The van der Waals surface area contributed by atoms with Crippen molar-refractivity contribution in [2.45, 2.75) is 44.7 Å². The summed E-state index contributed by atoms with van der Waals surface area (Å²) in [5, 5.41) is 6.48. The van der Waals surface area contributed by atoms with E-state index in [2.05, 4.69) is 41.4 Å². The van der Waals surface area contributed by atoms with Crippen LogP contribution in [0.3, 0.4) is 0 Å². The Balaban J connectivity index is 0.00000121. The van der Waals surface area contributed by atoms with Gasteiger partial charge >= 0.3 is 0 Å². The fourth-order valence-electron chi connectivity index (χ4n) is 3.85. The van der Waals surface area contributed by atoms with Gasteiger partial charge in [0.2, 0.25) is 5.91 Å². The minimum atomic E-state index is 0. The molecular formula is C19H25Cl2N3OS. The molecule has 2 aromatic rings. The Morgan fingerprint density at radius 3 is 2.69 bits per heavy atom. The zero-order valence-electron chi connectivity index (χ0n) is 14.8. The molecule has 142 valence electrons. The average molecular weight is 414 g/mol. The molecule has 2 fully saturated rings. The number of hydrogen-bond acceptors (Lipinski definition) is 4. The third-order valence-electron chi connectivity index (χ3n) is 5.12. The van der Waals surface area contributed by atoms with E-state index in [-0.39, 0.29) is 30.7 Å². The fraction of sp³-hybridized carbons (Fsp3) is 0.474. The lowest BCUT2D eigenvalue weighted by Crippen LogP contribution is -2.43. The topological polar surface area (TPSA) is 45.2 Å². The molecule has 26 heavy (non-hydrogen) atoms. The lowest BCUT2D eigenvalue weighted by molar-refractivity contribution is -0.133. The van der Waals surface area contributed by atoms with Gasteiger partial charge in [-0.1, -0.05) is 29.8 Å². The zero-order valence-corrected chi connectivity index (χ0v) is 17.3. The Bertz CT molecular complexity index is 721. The minimum Gasteiger partial charge on any atom is -0.335 e. The lowest BCUT2D eigenvalue weighted by Gasteiger charge is -2.27. The van der Waals surface area contributed by atoms with Gasteiger partial charge in [0.25, 0.3) is 0 Å². The van der Waals surface area contributed by atoms with Crippen molar-refractivity contribution in [1.29, 1.82) is 0 Å². The molecule has 4 rings (SSSR count). The highest BCUT2D eigenvalue weighted by atomic mass is 35.5. The van der Waals surface area contributed by atoms with Gasteiger partial charge in [-0.2, -0.15) is 0 Å². The number of nitrogens with one attached hydrogen (secondary N) is 1. The smallest absolute Gasteiger partial charge is 0.229 e. The van der Waals surface area contributed by atoms with Crippen molar-refractivity contribution in [2.75, 3.05) is 13.1 Å². The number of rotatable bonds is 3. The molecule has 2 atom stereocenters. The third kappa shape index (κ3) is 4.39. The molecule has 2 bridgehead atoms. The molecule has 1 amide bonds. The third-order valence-corrected chi connectivity index (χ3v) is 6.06. The molecule has 1 N–H and O–H groups in total. The van der Waals surface area contributed by atoms with Crippen LogP contribution in [0.5, 0.6) is 0 Å². The van der Waals surface area contributed by atoms with Gasteiger partial charge in [-0.3, -0.25) is 4.79 Å². The first kappa shape index (κ1) is 21.2. The van der Waals surface area contributed by atoms with Crippen LogP contribution in [0, 0.1) is 6.92 Å². The summed E-state index contributed by atoms with van der Waals surface area (Å²) in [5.41, 5.74) is 3.27. The molecule has 2 unspecified atom stereocenters. The summed E-state index contributed by atoms with van der Waals surface area (Å²) in [6, 6.07) is 9.20. The normalized spacial score (nSPS) is 21.5. The number of benzene rings is 1. The van der Waals surface area contributed by atoms with E-state index in [9.17, 15) is 4.79 Å². The Morgan fingerprint density at radius 1 is 1.19 bits per heavy atom. The maximum atomic E-state index is 12.8. The van der Waals surface area contributed by atoms with E-state index in [1.807, 2.05) is 5.38 Å². The molecule has 3 heterocycles. The van der Waals surface area contributed by atoms with E-state index < -0.39 is 0 Å². The van der Waals surface area contributed by atoms with Crippen LogP contribution in [0.2, 0.25) is 0 Å². The number of amides is 1. The summed E-state index contributed by atoms with van der Waals surface area (Å²) in [6.45, 7) is 4.05. The van der Waals surface area contributed by atoms with Crippen LogP contribution in [0.4, 0.5) is 0 Å². The first-order valence-electron chi connectivity index (χ1n) is 8.74. The maximum Gasteiger partial charge on any atom is 0.229 e. The number of halogens is 2. The van der Waals surface area contributed by atoms with Crippen molar-refractivity contribution in [1.82, 2.24) is 15.2 Å². The summed E-state index contributed by atoms with van der Waals surface area (Å²) in [4.78, 5) is 19.7. The number of carbonyl (C=O) groups excluding carboxylic acids is 1. The summed E-state index contributed by atoms with van der Waals surface area (Å²) in [5.74, 6) is 0.243. The van der Waals surface area contributed by atoms with Crippen molar-refractivity contribution in [3.63, 3.8) is 0 Å². The van der Waals surface area contributed by atoms with Crippen molar-refractivity contribution >= 4 is 42.1 Å². The maximum absolute atomic E-state index is 12.8. The molecule has 1 aromatic carbocycles. The molecule has 4 nitrogen and oxygen atoms in total. The number of aromatic nitrogens is 1. The van der Waals surface area contributed by atoms with Crippen LogP contribution in [0.15, 0.2) is 29.6 Å². The highest BCUT2D eigenvalue weighted by Gasteiger charge is 2.37. The van der Waals surface area contributed by atoms with Gasteiger partial charge in [0, 0.05) is 29.6 Å². The number of fused-ring (bicyclic) bond motifs is 2. The number of carbonyl (C=O) groups is 1. The number of aryl methyl sites for hydroxylation is 1. The SMILES string of the molecule is Cc1ccc(-c2nc(CC(=O)N3C4CCNCC3CC4)cs2)cc1.Cl.Cl. The first-order valence-corrected chi connectivity index (χ1v) is 9.62. The molecule has 0 aliphatic carbocycles. The second-order valence-electron chi connectivity index (χ2n) is 6.87. The molecule has 7 heteroatoms. The van der Waals surface area contributed by atoms with Crippen molar-refractivity contribution in [3.8, 4) is 10.6 Å². The van der Waals surface area contributed by atoms with Gasteiger partial charge in [0.05, 0.1) is 12.1 Å². The number of hydrogen-bond donors (Lipinski definition) is 1. The predicted octanol–water partition coefficient (Wildman–Crippen LogP) is 3.86. The summed E-state index contributed by atoms with van der Waals surface area (Å²) in [6.07, 6.45) is 3.79. The minimum absolute atomic E-state index is 0. The van der Waals surface area contributed by atoms with Crippen LogP contribution in [0.1, 0.15) is 30.5 Å². The van der Waals surface area contributed by atoms with Gasteiger partial charge in [0.15, 0.2) is 0 Å². The Hall–Kier alpha value is -1.14. The molecule has 2 aliphatic rings. The molecule has 0 saturated carbocycles. The van der Waals surface area contributed by atoms with E-state index in [0.29, 0.717) is 18.5 Å². The van der Waals surface area contributed by atoms with Crippen LogP contribution >= 0.6 is 36.2 Å². The Labute approximate surface area is 171 Å². The lowest BCUT2D eigenvalue weighted by atomic mass is 10.1. The van der Waals surface area contributed by atoms with Crippen molar-refractivity contribution in [3.05, 3.63) is 40.9 Å². The standard InChI is InChI=1S/C19H23N3OS.2ClH/c1-13-2-4-14(5-3-13)19-21-15(12-24-19)10-18(23)22-16-6-7-17(22)11-20-9-8-16;;/h2-5,12,16-17,20H,6-11H2,1H3;2*1H. The second kappa shape index (κ2) is 9.18. The monoisotopic (exact) mass is 413 g/mol. The van der Waals surface area contributed by atoms with E-state index in [1.165, 1.54) is 5.56 Å². The van der Waals surface area contributed by atoms with E-state index in [0.717, 1.165) is 48.6 Å². The number of nitrogens with zero attached hydrogens (tertiary/aromatic N) is 2. The van der Waals surface area contributed by atoms with Crippen LogP contribution < -0.4 is 5.32 Å². The Morgan fingerprint density at radius 2 is 1.92 bits per heavy atom. The summed E-state index contributed by atoms with van der Waals surface area (Å²) < 4.78 is 0. The van der Waals surface area contributed by atoms with Crippen LogP contribution in [-0.2, 0) is 11.2 Å². The van der Waals surface area contributed by atoms with Gasteiger partial charge in [-0.25, -0.2) is 4.98 Å². The molecular weight excluding hydrogens is 389 g/mol. The summed E-state index contributed by atoms with van der Waals surface area (Å²) >= 11 is 1.62. The fourth-order valence-corrected chi connectivity index (χ4v) is 4.68. The van der Waals surface area contributed by atoms with E-state index >= 15 is 0 Å². The van der Waals surface area contributed by atoms with Crippen molar-refractivity contribution < 1.29 is 4.79 Å². The molecule has 2 saturated heterocycles. The zero-order chi connectivity index (χ0) is 16.5. The second-order valence-corrected chi connectivity index (χ2v) is 7.72. The first-order chi connectivity index (χ1) is 11.7. The molecule has 1 aromatic heterocycles. The van der Waals surface area contributed by atoms with Gasteiger partial charge in [-0.15, -0.1) is 36.2 Å². The van der Waals surface area contributed by atoms with Gasteiger partial charge in [0.1, 0.15) is 5.01 Å². The molecule has 2 aliphatic heterocycles. The quantitative estimate of drug-likeness (QED) is 0.830. The van der Waals surface area contributed by atoms with Crippen molar-refractivity contribution in [2.24, 2.45) is 0 Å². The Kier molecular flexibility index (Phi) is 7.47. The molecule has 0 radical (unpaired) electrons. The summed E-state index contributed by atoms with van der Waals surface area (Å²) in [7, 11) is 0. The predicted molar refractivity (Wildman–Crippen MR) is 112 cm³/mol. The van der Waals surface area contributed by atoms with Gasteiger partial charge in [-0.05, 0) is 32.7 Å². The van der Waals surface area contributed by atoms with E-state index in [1.54, 1.807) is 11.3 Å². The molecule has 0 spiro atoms. The number of thiazole rings is 1. The van der Waals surface area contributed by atoms with E-state index in [4.69, 9.17) is 4.98 Å².